The first-order chi connectivity index (χ1) is 24.8. The largest absolute Gasteiger partial charge is 0.313 e. The predicted octanol–water partition coefficient (Wildman–Crippen LogP) is 11.6. The zero-order valence-electron chi connectivity index (χ0n) is 27.2. The van der Waals surface area contributed by atoms with E-state index in [-0.39, 0.29) is 0 Å². The summed E-state index contributed by atoms with van der Waals surface area (Å²) in [6.07, 6.45) is 6.68. The molecule has 7 aromatic carbocycles. The van der Waals surface area contributed by atoms with E-state index in [1.54, 1.807) is 0 Å². The third-order valence-corrected chi connectivity index (χ3v) is 10.5. The van der Waals surface area contributed by atoms with Gasteiger partial charge in [0.15, 0.2) is 0 Å². The van der Waals surface area contributed by atoms with Crippen molar-refractivity contribution in [3.63, 3.8) is 0 Å². The van der Waals surface area contributed by atoms with E-state index in [4.69, 9.17) is 9.97 Å². The van der Waals surface area contributed by atoms with Crippen LogP contribution in [0.5, 0.6) is 0 Å². The molecule has 0 N–H and O–H groups in total. The Balaban J connectivity index is 1.21. The maximum atomic E-state index is 5.41. The highest BCUT2D eigenvalue weighted by molar-refractivity contribution is 6.14. The van der Waals surface area contributed by atoms with Gasteiger partial charge in [-0.3, -0.25) is 4.57 Å². The van der Waals surface area contributed by atoms with Crippen LogP contribution in [0.4, 0.5) is 0 Å². The van der Waals surface area contributed by atoms with Gasteiger partial charge in [-0.15, -0.1) is 0 Å². The summed E-state index contributed by atoms with van der Waals surface area (Å²) < 4.78 is 4.74. The SMILES string of the molecule is C1=Cc2c(n(-c3ccc4c(c3)c3cc5ccccc5cc3n4-c3nc(-c4ccc5ccccc5c4)c4ccccc4n3)c3ccccc23)CC1. The Hall–Kier alpha value is -6.52. The molecule has 0 aliphatic heterocycles. The Morgan fingerprint density at radius 1 is 0.480 bits per heavy atom. The fourth-order valence-electron chi connectivity index (χ4n) is 8.24. The Kier molecular flexibility index (Phi) is 5.75. The van der Waals surface area contributed by atoms with Crippen molar-refractivity contribution in [1.82, 2.24) is 19.1 Å². The summed E-state index contributed by atoms with van der Waals surface area (Å²) in [5, 5.41) is 9.54. The van der Waals surface area contributed by atoms with Crippen molar-refractivity contribution in [2.75, 3.05) is 0 Å². The minimum Gasteiger partial charge on any atom is -0.313 e. The lowest BCUT2D eigenvalue weighted by Gasteiger charge is -2.14. The number of para-hydroxylation sites is 2. The first-order valence-corrected chi connectivity index (χ1v) is 17.3. The van der Waals surface area contributed by atoms with E-state index in [0.29, 0.717) is 5.95 Å². The summed E-state index contributed by atoms with van der Waals surface area (Å²) in [4.78, 5) is 10.7. The van der Waals surface area contributed by atoms with Gasteiger partial charge in [-0.2, -0.15) is 0 Å². The van der Waals surface area contributed by atoms with Crippen molar-refractivity contribution >= 4 is 71.2 Å². The van der Waals surface area contributed by atoms with Gasteiger partial charge in [-0.05, 0) is 82.9 Å². The summed E-state index contributed by atoms with van der Waals surface area (Å²) in [6.45, 7) is 0. The third-order valence-electron chi connectivity index (χ3n) is 10.5. The molecule has 50 heavy (non-hydrogen) atoms. The molecule has 0 atom stereocenters. The number of fused-ring (bicyclic) bond motifs is 9. The van der Waals surface area contributed by atoms with E-state index in [1.807, 2.05) is 0 Å². The van der Waals surface area contributed by atoms with Gasteiger partial charge in [0, 0.05) is 44.1 Å². The van der Waals surface area contributed by atoms with Gasteiger partial charge in [-0.1, -0.05) is 109 Å². The molecule has 4 nitrogen and oxygen atoms in total. The molecule has 0 amide bonds. The fourth-order valence-corrected chi connectivity index (χ4v) is 8.24. The highest BCUT2D eigenvalue weighted by Crippen LogP contribution is 2.39. The molecule has 0 fully saturated rings. The van der Waals surface area contributed by atoms with Crippen LogP contribution in [0.2, 0.25) is 0 Å². The molecular weight excluding hydrogens is 609 g/mol. The Morgan fingerprint density at radius 2 is 1.18 bits per heavy atom. The van der Waals surface area contributed by atoms with Crippen LogP contribution in [0.15, 0.2) is 152 Å². The van der Waals surface area contributed by atoms with Crippen LogP contribution in [0.3, 0.4) is 0 Å². The summed E-state index contributed by atoms with van der Waals surface area (Å²) in [7, 11) is 0. The lowest BCUT2D eigenvalue weighted by atomic mass is 10.0. The van der Waals surface area contributed by atoms with Crippen LogP contribution in [0.1, 0.15) is 17.7 Å². The van der Waals surface area contributed by atoms with Crippen LogP contribution in [-0.2, 0) is 6.42 Å². The Bertz CT molecular complexity index is 3050. The summed E-state index contributed by atoms with van der Waals surface area (Å²) in [5.41, 5.74) is 10.3. The molecule has 11 rings (SSSR count). The second-order valence-electron chi connectivity index (χ2n) is 13.4. The molecule has 234 valence electrons. The Labute approximate surface area is 288 Å². The van der Waals surface area contributed by atoms with Crippen LogP contribution in [0, 0.1) is 0 Å². The fraction of sp³-hybridized carbons (Fsp3) is 0.0435. The molecule has 0 spiro atoms. The van der Waals surface area contributed by atoms with Gasteiger partial charge in [-0.25, -0.2) is 9.97 Å². The first-order valence-electron chi connectivity index (χ1n) is 17.3. The number of hydrogen-bond acceptors (Lipinski definition) is 2. The average Bonchev–Trinajstić information content (AvgIpc) is 3.68. The zero-order valence-corrected chi connectivity index (χ0v) is 27.2. The lowest BCUT2D eigenvalue weighted by molar-refractivity contribution is 0.889. The van der Waals surface area contributed by atoms with Crippen LogP contribution >= 0.6 is 0 Å². The quantitative estimate of drug-likeness (QED) is 0.193. The van der Waals surface area contributed by atoms with Crippen LogP contribution in [-0.4, -0.2) is 19.1 Å². The van der Waals surface area contributed by atoms with E-state index >= 15 is 0 Å². The van der Waals surface area contributed by atoms with Gasteiger partial charge in [0.1, 0.15) is 0 Å². The predicted molar refractivity (Wildman–Crippen MR) is 209 cm³/mol. The first kappa shape index (κ1) is 27.4. The number of allylic oxidation sites excluding steroid dienone is 1. The monoisotopic (exact) mass is 638 g/mol. The van der Waals surface area contributed by atoms with E-state index in [1.165, 1.54) is 60.2 Å². The molecule has 3 aromatic heterocycles. The smallest absolute Gasteiger partial charge is 0.235 e. The van der Waals surface area contributed by atoms with E-state index in [2.05, 4.69) is 167 Å². The second-order valence-corrected chi connectivity index (χ2v) is 13.4. The highest BCUT2D eigenvalue weighted by atomic mass is 15.2. The second kappa shape index (κ2) is 10.5. The molecule has 4 heteroatoms. The van der Waals surface area contributed by atoms with E-state index in [9.17, 15) is 0 Å². The van der Waals surface area contributed by atoms with Gasteiger partial charge in [0.25, 0.3) is 0 Å². The molecule has 3 heterocycles. The van der Waals surface area contributed by atoms with Gasteiger partial charge in [0.05, 0.1) is 27.8 Å². The molecular formula is C46H30N4. The average molecular weight is 639 g/mol. The number of nitrogens with zero attached hydrogens (tertiary/aromatic N) is 4. The summed E-state index contributed by atoms with van der Waals surface area (Å²) in [6, 6.07) is 52.5. The molecule has 10 aromatic rings. The van der Waals surface area contributed by atoms with Crippen molar-refractivity contribution in [3.8, 4) is 22.9 Å². The molecule has 0 bridgehead atoms. The van der Waals surface area contributed by atoms with E-state index < -0.39 is 0 Å². The normalized spacial score (nSPS) is 13.0. The van der Waals surface area contributed by atoms with Crippen LogP contribution in [0.25, 0.3) is 94.1 Å². The number of rotatable bonds is 3. The highest BCUT2D eigenvalue weighted by Gasteiger charge is 2.22. The maximum absolute atomic E-state index is 5.41. The van der Waals surface area contributed by atoms with Crippen molar-refractivity contribution < 1.29 is 0 Å². The topological polar surface area (TPSA) is 35.6 Å². The molecule has 1 aliphatic carbocycles. The zero-order chi connectivity index (χ0) is 32.8. The summed E-state index contributed by atoms with van der Waals surface area (Å²) >= 11 is 0. The van der Waals surface area contributed by atoms with Crippen molar-refractivity contribution in [2.24, 2.45) is 0 Å². The van der Waals surface area contributed by atoms with Crippen LogP contribution < -0.4 is 0 Å². The van der Waals surface area contributed by atoms with Gasteiger partial charge < -0.3 is 4.57 Å². The molecule has 0 saturated carbocycles. The van der Waals surface area contributed by atoms with Gasteiger partial charge >= 0.3 is 0 Å². The van der Waals surface area contributed by atoms with Crippen molar-refractivity contribution in [2.45, 2.75) is 12.8 Å². The number of benzene rings is 7. The maximum Gasteiger partial charge on any atom is 0.235 e. The molecule has 0 saturated heterocycles. The lowest BCUT2D eigenvalue weighted by Crippen LogP contribution is -2.04. The molecule has 1 aliphatic rings. The standard InChI is InChI=1S/C46H30N4/c1-2-12-30-25-33(22-21-29(30)11-1)45-37-17-5-8-18-40(37)47-46(48-45)50-43-24-23-34(28-39(43)38-26-31-13-3-4-14-32(31)27-44(38)50)49-41-19-9-6-15-35(41)36-16-7-10-20-42(36)49/h1-9,11-19,21-28H,10,20H2. The minimum absolute atomic E-state index is 0.670. The van der Waals surface area contributed by atoms with E-state index in [0.717, 1.165) is 46.0 Å². The van der Waals surface area contributed by atoms with Crippen molar-refractivity contribution in [1.29, 1.82) is 0 Å². The molecule has 0 radical (unpaired) electrons. The van der Waals surface area contributed by atoms with Gasteiger partial charge in [0.2, 0.25) is 5.95 Å². The minimum atomic E-state index is 0.670. The third kappa shape index (κ3) is 3.99. The number of aromatic nitrogens is 4. The molecule has 0 unspecified atom stereocenters. The number of hydrogen-bond donors (Lipinski definition) is 0. The Morgan fingerprint density at radius 3 is 2.06 bits per heavy atom. The summed E-state index contributed by atoms with van der Waals surface area (Å²) in [5.74, 6) is 0.670. The van der Waals surface area contributed by atoms with Crippen molar-refractivity contribution in [3.05, 3.63) is 163 Å².